The predicted molar refractivity (Wildman–Crippen MR) is 119 cm³/mol. The average Bonchev–Trinajstić information content (AvgIpc) is 3.04. The highest BCUT2D eigenvalue weighted by atomic mass is 16.3. The standard InChI is InChI=1S/C27H44O2/c1-18(2)6-5-7-19(3)23-10-11-24-22-9-8-20-16-21(29)12-15-27(20,17-28)25(22)13-14-26(23,24)4/h8,17-19,21-25,29H,5-7,9-16H2,1-4H3/t19-,21-,22-,23-,24+,25-,26+,27+/m0/s1. The predicted octanol–water partition coefficient (Wildman–Crippen LogP) is 6.57. The molecule has 8 atom stereocenters. The number of hydrogen-bond donors (Lipinski definition) is 1. The van der Waals surface area contributed by atoms with Gasteiger partial charge in [-0.25, -0.2) is 0 Å². The molecule has 0 amide bonds. The van der Waals surface area contributed by atoms with Crippen LogP contribution in [-0.2, 0) is 4.79 Å². The normalized spacial score (nSPS) is 45.2. The van der Waals surface area contributed by atoms with Crippen LogP contribution in [0.1, 0.15) is 98.3 Å². The number of carbonyl (C=O) groups excluding carboxylic acids is 1. The molecule has 4 rings (SSSR count). The minimum absolute atomic E-state index is 0.234. The maximum absolute atomic E-state index is 12.5. The van der Waals surface area contributed by atoms with Crippen molar-refractivity contribution in [3.63, 3.8) is 0 Å². The Morgan fingerprint density at radius 3 is 2.62 bits per heavy atom. The third kappa shape index (κ3) is 3.56. The van der Waals surface area contributed by atoms with Crippen LogP contribution in [0.5, 0.6) is 0 Å². The van der Waals surface area contributed by atoms with Crippen molar-refractivity contribution in [1.82, 2.24) is 0 Å². The van der Waals surface area contributed by atoms with E-state index in [-0.39, 0.29) is 11.5 Å². The highest BCUT2D eigenvalue weighted by Gasteiger charge is 2.60. The number of carbonyl (C=O) groups is 1. The fourth-order valence-electron chi connectivity index (χ4n) is 8.59. The van der Waals surface area contributed by atoms with Crippen molar-refractivity contribution >= 4 is 6.29 Å². The van der Waals surface area contributed by atoms with Gasteiger partial charge < -0.3 is 9.90 Å². The van der Waals surface area contributed by atoms with Gasteiger partial charge in [0.1, 0.15) is 6.29 Å². The van der Waals surface area contributed by atoms with Gasteiger partial charge in [0.05, 0.1) is 11.5 Å². The summed E-state index contributed by atoms with van der Waals surface area (Å²) in [6.07, 6.45) is 16.5. The van der Waals surface area contributed by atoms with Gasteiger partial charge in [-0.1, -0.05) is 58.6 Å². The van der Waals surface area contributed by atoms with E-state index in [1.165, 1.54) is 56.8 Å². The topological polar surface area (TPSA) is 37.3 Å². The number of aldehydes is 1. The molecule has 0 aromatic heterocycles. The third-order valence-electron chi connectivity index (χ3n) is 10.1. The van der Waals surface area contributed by atoms with Gasteiger partial charge in [0.25, 0.3) is 0 Å². The van der Waals surface area contributed by atoms with E-state index in [1.807, 2.05) is 0 Å². The number of fused-ring (bicyclic) bond motifs is 5. The molecule has 0 aliphatic heterocycles. The molecule has 4 aliphatic carbocycles. The van der Waals surface area contributed by atoms with Crippen LogP contribution in [0.3, 0.4) is 0 Å². The van der Waals surface area contributed by atoms with Crippen LogP contribution in [0.4, 0.5) is 0 Å². The fraction of sp³-hybridized carbons (Fsp3) is 0.889. The first-order chi connectivity index (χ1) is 13.8. The van der Waals surface area contributed by atoms with E-state index in [0.717, 1.165) is 49.4 Å². The van der Waals surface area contributed by atoms with Crippen molar-refractivity contribution in [2.75, 3.05) is 0 Å². The molecule has 1 N–H and O–H groups in total. The van der Waals surface area contributed by atoms with Crippen LogP contribution < -0.4 is 0 Å². The van der Waals surface area contributed by atoms with Crippen molar-refractivity contribution in [2.45, 2.75) is 104 Å². The molecular formula is C27H44O2. The molecule has 2 nitrogen and oxygen atoms in total. The highest BCUT2D eigenvalue weighted by molar-refractivity contribution is 5.67. The van der Waals surface area contributed by atoms with Crippen molar-refractivity contribution in [1.29, 1.82) is 0 Å². The molecule has 3 fully saturated rings. The van der Waals surface area contributed by atoms with E-state index in [4.69, 9.17) is 0 Å². The smallest absolute Gasteiger partial charge is 0.130 e. The first-order valence-corrected chi connectivity index (χ1v) is 12.7. The summed E-state index contributed by atoms with van der Waals surface area (Å²) in [6.45, 7) is 9.83. The summed E-state index contributed by atoms with van der Waals surface area (Å²) in [5.41, 5.74) is 1.51. The summed E-state index contributed by atoms with van der Waals surface area (Å²) in [6, 6.07) is 0. The molecule has 0 unspecified atom stereocenters. The Hall–Kier alpha value is -0.630. The zero-order valence-electron chi connectivity index (χ0n) is 19.3. The van der Waals surface area contributed by atoms with E-state index in [1.54, 1.807) is 0 Å². The first-order valence-electron chi connectivity index (χ1n) is 12.7. The largest absolute Gasteiger partial charge is 0.393 e. The van der Waals surface area contributed by atoms with Crippen LogP contribution in [0.25, 0.3) is 0 Å². The molecule has 0 aromatic carbocycles. The lowest BCUT2D eigenvalue weighted by atomic mass is 9.46. The maximum atomic E-state index is 12.5. The van der Waals surface area contributed by atoms with Gasteiger partial charge in [0.15, 0.2) is 0 Å². The molecule has 0 heterocycles. The minimum Gasteiger partial charge on any atom is -0.393 e. The second-order valence-corrected chi connectivity index (χ2v) is 11.9. The van der Waals surface area contributed by atoms with Gasteiger partial charge in [-0.2, -0.15) is 0 Å². The van der Waals surface area contributed by atoms with E-state index in [9.17, 15) is 9.90 Å². The van der Waals surface area contributed by atoms with Gasteiger partial charge in [0, 0.05) is 0 Å². The van der Waals surface area contributed by atoms with Crippen LogP contribution in [-0.4, -0.2) is 17.5 Å². The van der Waals surface area contributed by atoms with E-state index in [2.05, 4.69) is 33.8 Å². The lowest BCUT2D eigenvalue weighted by molar-refractivity contribution is -0.127. The van der Waals surface area contributed by atoms with Crippen molar-refractivity contribution in [3.05, 3.63) is 11.6 Å². The number of hydrogen-bond acceptors (Lipinski definition) is 2. The van der Waals surface area contributed by atoms with Gasteiger partial charge in [-0.05, 0) is 92.3 Å². The van der Waals surface area contributed by atoms with Gasteiger partial charge in [-0.15, -0.1) is 0 Å². The van der Waals surface area contributed by atoms with Crippen LogP contribution >= 0.6 is 0 Å². The van der Waals surface area contributed by atoms with Crippen LogP contribution in [0.15, 0.2) is 11.6 Å². The third-order valence-corrected chi connectivity index (χ3v) is 10.1. The van der Waals surface area contributed by atoms with E-state index >= 15 is 0 Å². The lowest BCUT2D eigenvalue weighted by Crippen LogP contribution is -2.52. The second kappa shape index (κ2) is 8.13. The van der Waals surface area contributed by atoms with Crippen molar-refractivity contribution in [2.24, 2.45) is 46.3 Å². The molecule has 0 spiro atoms. The SMILES string of the molecule is CC(C)CCC[C@H](C)[C@@H]1CC[C@@H]2[C@@H]3CC=C4C[C@@H](O)CC[C@]4(C=O)[C@H]3CC[C@@]21C. The Bertz CT molecular complexity index is 636. The molecule has 0 saturated heterocycles. The van der Waals surface area contributed by atoms with Crippen molar-refractivity contribution < 1.29 is 9.90 Å². The number of rotatable bonds is 6. The second-order valence-electron chi connectivity index (χ2n) is 11.9. The number of aliphatic hydroxyl groups is 1. The molecule has 0 bridgehead atoms. The molecule has 4 aliphatic rings. The number of aliphatic hydroxyl groups excluding tert-OH is 1. The Morgan fingerprint density at radius 1 is 1.10 bits per heavy atom. The van der Waals surface area contributed by atoms with E-state index < -0.39 is 0 Å². The Kier molecular flexibility index (Phi) is 6.06. The molecule has 2 heteroatoms. The van der Waals surface area contributed by atoms with E-state index in [0.29, 0.717) is 17.3 Å². The summed E-state index contributed by atoms with van der Waals surface area (Å²) in [5, 5.41) is 10.2. The highest BCUT2D eigenvalue weighted by Crippen LogP contribution is 2.67. The summed E-state index contributed by atoms with van der Waals surface area (Å²) in [7, 11) is 0. The molecule has 0 radical (unpaired) electrons. The molecule has 29 heavy (non-hydrogen) atoms. The Balaban J connectivity index is 1.52. The molecular weight excluding hydrogens is 356 g/mol. The molecule has 3 saturated carbocycles. The quantitative estimate of drug-likeness (QED) is 0.404. The summed E-state index contributed by atoms with van der Waals surface area (Å²) in [4.78, 5) is 12.5. The fourth-order valence-corrected chi connectivity index (χ4v) is 8.59. The summed E-state index contributed by atoms with van der Waals surface area (Å²) < 4.78 is 0. The van der Waals surface area contributed by atoms with Gasteiger partial charge >= 0.3 is 0 Å². The maximum Gasteiger partial charge on any atom is 0.130 e. The minimum atomic E-state index is -0.246. The van der Waals surface area contributed by atoms with Gasteiger partial charge in [0.2, 0.25) is 0 Å². The zero-order chi connectivity index (χ0) is 20.8. The average molecular weight is 401 g/mol. The van der Waals surface area contributed by atoms with Crippen LogP contribution in [0.2, 0.25) is 0 Å². The lowest BCUT2D eigenvalue weighted by Gasteiger charge is -2.57. The Morgan fingerprint density at radius 2 is 1.90 bits per heavy atom. The monoisotopic (exact) mass is 400 g/mol. The van der Waals surface area contributed by atoms with Crippen LogP contribution in [0, 0.1) is 46.3 Å². The van der Waals surface area contributed by atoms with Gasteiger partial charge in [-0.3, -0.25) is 0 Å². The molecule has 0 aromatic rings. The number of allylic oxidation sites excluding steroid dienone is 1. The summed E-state index contributed by atoms with van der Waals surface area (Å²) >= 11 is 0. The zero-order valence-corrected chi connectivity index (χ0v) is 19.3. The molecule has 164 valence electrons. The first kappa shape index (κ1) is 21.6. The summed E-state index contributed by atoms with van der Waals surface area (Å²) in [5.74, 6) is 4.53. The van der Waals surface area contributed by atoms with Crippen molar-refractivity contribution in [3.8, 4) is 0 Å². The Labute approximate surface area is 178 Å².